The van der Waals surface area contributed by atoms with Crippen molar-refractivity contribution in [2.75, 3.05) is 11.1 Å². The molecular weight excluding hydrogens is 424 g/mol. The Bertz CT molecular complexity index is 1060. The van der Waals surface area contributed by atoms with Gasteiger partial charge in [0.05, 0.1) is 11.1 Å². The summed E-state index contributed by atoms with van der Waals surface area (Å²) in [6.45, 7) is 0. The molecule has 0 radical (unpaired) electrons. The van der Waals surface area contributed by atoms with E-state index in [1.54, 1.807) is 11.3 Å². The number of carbonyl (C=O) groups excluding carboxylic acids is 1. The van der Waals surface area contributed by atoms with Crippen molar-refractivity contribution < 1.29 is 4.79 Å². The number of pyridine rings is 1. The van der Waals surface area contributed by atoms with E-state index in [-0.39, 0.29) is 5.91 Å². The largest absolute Gasteiger partial charge is 0.317 e. The average Bonchev–Trinajstić information content (AvgIpc) is 3.11. The highest BCUT2D eigenvalue weighted by Crippen LogP contribution is 2.37. The molecule has 160 valence electrons. The SMILES string of the molecule is N#Cc1cc2c(nc1SCCC(=O)Nc1sc3c(c1C#N)CCCC3)CCCCCC2. The maximum Gasteiger partial charge on any atom is 0.225 e. The number of thioether (sulfide) groups is 1. The van der Waals surface area contributed by atoms with E-state index >= 15 is 0 Å². The Kier molecular flexibility index (Phi) is 7.27. The third-order valence-electron chi connectivity index (χ3n) is 5.99. The first kappa shape index (κ1) is 21.9. The molecule has 0 fully saturated rings. The van der Waals surface area contributed by atoms with Gasteiger partial charge in [0.2, 0.25) is 5.91 Å². The van der Waals surface area contributed by atoms with E-state index in [9.17, 15) is 15.3 Å². The van der Waals surface area contributed by atoms with Crippen LogP contribution in [-0.4, -0.2) is 16.6 Å². The van der Waals surface area contributed by atoms with E-state index in [1.807, 2.05) is 6.07 Å². The summed E-state index contributed by atoms with van der Waals surface area (Å²) < 4.78 is 0. The van der Waals surface area contributed by atoms with Crippen molar-refractivity contribution in [3.05, 3.63) is 38.9 Å². The molecule has 1 N–H and O–H groups in total. The Labute approximate surface area is 191 Å². The molecule has 2 aromatic heterocycles. The molecule has 31 heavy (non-hydrogen) atoms. The minimum absolute atomic E-state index is 0.0904. The van der Waals surface area contributed by atoms with Gasteiger partial charge in [0, 0.05) is 22.7 Å². The molecule has 0 spiro atoms. The Morgan fingerprint density at radius 1 is 1.06 bits per heavy atom. The highest BCUT2D eigenvalue weighted by Gasteiger charge is 2.22. The number of nitrogens with one attached hydrogen (secondary N) is 1. The molecule has 5 nitrogen and oxygen atoms in total. The maximum atomic E-state index is 12.5. The third-order valence-corrected chi connectivity index (χ3v) is 8.19. The molecule has 2 aliphatic rings. The fraction of sp³-hybridized carbons (Fsp3) is 0.500. The smallest absolute Gasteiger partial charge is 0.225 e. The summed E-state index contributed by atoms with van der Waals surface area (Å²) >= 11 is 3.03. The molecule has 0 aliphatic heterocycles. The molecule has 2 aromatic rings. The fourth-order valence-corrected chi connectivity index (χ4v) is 6.53. The molecule has 2 aliphatic carbocycles. The van der Waals surface area contributed by atoms with E-state index < -0.39 is 0 Å². The highest BCUT2D eigenvalue weighted by molar-refractivity contribution is 7.99. The molecule has 2 heterocycles. The summed E-state index contributed by atoms with van der Waals surface area (Å²) in [4.78, 5) is 18.6. The first-order valence-corrected chi connectivity index (χ1v) is 12.9. The van der Waals surface area contributed by atoms with Crippen molar-refractivity contribution in [1.82, 2.24) is 4.98 Å². The summed E-state index contributed by atoms with van der Waals surface area (Å²) in [6.07, 6.45) is 11.3. The molecule has 0 saturated heterocycles. The summed E-state index contributed by atoms with van der Waals surface area (Å²) in [5, 5.41) is 23.5. The zero-order valence-electron chi connectivity index (χ0n) is 17.6. The van der Waals surface area contributed by atoms with Crippen molar-refractivity contribution in [3.63, 3.8) is 0 Å². The minimum Gasteiger partial charge on any atom is -0.317 e. The Balaban J connectivity index is 1.39. The van der Waals surface area contributed by atoms with Crippen molar-refractivity contribution in [1.29, 1.82) is 10.5 Å². The Morgan fingerprint density at radius 3 is 2.65 bits per heavy atom. The number of nitriles is 2. The molecule has 1 amide bonds. The van der Waals surface area contributed by atoms with Crippen LogP contribution in [0.5, 0.6) is 0 Å². The van der Waals surface area contributed by atoms with Gasteiger partial charge >= 0.3 is 0 Å². The number of aryl methyl sites for hydroxylation is 3. The van der Waals surface area contributed by atoms with Gasteiger partial charge in [0.25, 0.3) is 0 Å². The normalized spacial score (nSPS) is 15.5. The van der Waals surface area contributed by atoms with Crippen LogP contribution in [0.15, 0.2) is 11.1 Å². The quantitative estimate of drug-likeness (QED) is 0.604. The van der Waals surface area contributed by atoms with Crippen molar-refractivity contribution >= 4 is 34.0 Å². The van der Waals surface area contributed by atoms with E-state index in [0.29, 0.717) is 28.3 Å². The number of thiophene rings is 1. The topological polar surface area (TPSA) is 89.6 Å². The second-order valence-corrected chi connectivity index (χ2v) is 10.3. The lowest BCUT2D eigenvalue weighted by atomic mass is 9.96. The second-order valence-electron chi connectivity index (χ2n) is 8.15. The molecule has 7 heteroatoms. The van der Waals surface area contributed by atoms with Crippen LogP contribution in [0.3, 0.4) is 0 Å². The number of amides is 1. The predicted molar refractivity (Wildman–Crippen MR) is 124 cm³/mol. The molecule has 0 atom stereocenters. The maximum absolute atomic E-state index is 12.5. The molecular formula is C24H26N4OS2. The summed E-state index contributed by atoms with van der Waals surface area (Å²) in [7, 11) is 0. The molecule has 0 unspecified atom stereocenters. The lowest BCUT2D eigenvalue weighted by Gasteiger charge is -2.15. The molecule has 0 bridgehead atoms. The van der Waals surface area contributed by atoms with Crippen LogP contribution in [0, 0.1) is 22.7 Å². The second kappa shape index (κ2) is 10.3. The monoisotopic (exact) mass is 450 g/mol. The number of hydrogen-bond donors (Lipinski definition) is 1. The average molecular weight is 451 g/mol. The van der Waals surface area contributed by atoms with Gasteiger partial charge < -0.3 is 5.32 Å². The van der Waals surface area contributed by atoms with Gasteiger partial charge in [0.15, 0.2) is 0 Å². The van der Waals surface area contributed by atoms with Crippen molar-refractivity contribution in [2.45, 2.75) is 75.7 Å². The fourth-order valence-electron chi connectivity index (χ4n) is 4.36. The Hall–Kier alpha value is -2.35. The van der Waals surface area contributed by atoms with Crippen LogP contribution in [-0.2, 0) is 30.5 Å². The first-order valence-electron chi connectivity index (χ1n) is 11.1. The number of aromatic nitrogens is 1. The van der Waals surface area contributed by atoms with Gasteiger partial charge in [-0.1, -0.05) is 12.8 Å². The lowest BCUT2D eigenvalue weighted by Crippen LogP contribution is -2.12. The van der Waals surface area contributed by atoms with Crippen LogP contribution in [0.1, 0.15) is 77.8 Å². The number of hydrogen-bond acceptors (Lipinski definition) is 6. The van der Waals surface area contributed by atoms with Crippen LogP contribution in [0.4, 0.5) is 5.00 Å². The number of fused-ring (bicyclic) bond motifs is 2. The third kappa shape index (κ3) is 5.11. The molecule has 0 saturated carbocycles. The van der Waals surface area contributed by atoms with Crippen LogP contribution >= 0.6 is 23.1 Å². The number of rotatable bonds is 5. The number of nitrogens with zero attached hydrogens (tertiary/aromatic N) is 3. The lowest BCUT2D eigenvalue weighted by molar-refractivity contribution is -0.115. The van der Waals surface area contributed by atoms with Crippen LogP contribution in [0.25, 0.3) is 0 Å². The molecule has 0 aromatic carbocycles. The van der Waals surface area contributed by atoms with Gasteiger partial charge in [0.1, 0.15) is 22.2 Å². The standard InChI is InChI=1S/C24H26N4OS2/c25-14-17-13-16-7-3-1-2-4-9-20(16)27-23(17)30-12-11-22(29)28-24-19(15-26)18-8-5-6-10-21(18)31-24/h13H,1-12H2,(H,28,29). The minimum atomic E-state index is -0.0904. The van der Waals surface area contributed by atoms with Crippen LogP contribution < -0.4 is 5.32 Å². The van der Waals surface area contributed by atoms with E-state index in [0.717, 1.165) is 67.6 Å². The highest BCUT2D eigenvalue weighted by atomic mass is 32.2. The Morgan fingerprint density at radius 2 is 1.84 bits per heavy atom. The van der Waals surface area contributed by atoms with E-state index in [4.69, 9.17) is 4.98 Å². The summed E-state index contributed by atoms with van der Waals surface area (Å²) in [6, 6.07) is 6.58. The first-order chi connectivity index (χ1) is 15.2. The van der Waals surface area contributed by atoms with Crippen molar-refractivity contribution in [3.8, 4) is 12.1 Å². The number of carbonyl (C=O) groups is 1. The van der Waals surface area contributed by atoms with E-state index in [1.165, 1.54) is 35.0 Å². The van der Waals surface area contributed by atoms with Crippen molar-refractivity contribution in [2.24, 2.45) is 0 Å². The van der Waals surface area contributed by atoms with Gasteiger partial charge in [-0.15, -0.1) is 23.1 Å². The summed E-state index contributed by atoms with van der Waals surface area (Å²) in [5.41, 5.74) is 4.72. The molecule has 4 rings (SSSR count). The zero-order valence-corrected chi connectivity index (χ0v) is 19.3. The van der Waals surface area contributed by atoms with E-state index in [2.05, 4.69) is 17.5 Å². The summed E-state index contributed by atoms with van der Waals surface area (Å²) in [5.74, 6) is 0.464. The number of anilines is 1. The van der Waals surface area contributed by atoms with Gasteiger partial charge in [-0.05, 0) is 68.6 Å². The van der Waals surface area contributed by atoms with Gasteiger partial charge in [-0.2, -0.15) is 10.5 Å². The van der Waals surface area contributed by atoms with Crippen LogP contribution in [0.2, 0.25) is 0 Å². The predicted octanol–water partition coefficient (Wildman–Crippen LogP) is 5.55. The zero-order chi connectivity index (χ0) is 21.6. The van der Waals surface area contributed by atoms with Gasteiger partial charge in [-0.3, -0.25) is 4.79 Å². The van der Waals surface area contributed by atoms with Gasteiger partial charge in [-0.25, -0.2) is 4.98 Å².